The second kappa shape index (κ2) is 8.05. The molecule has 1 unspecified atom stereocenters. The van der Waals surface area contributed by atoms with E-state index < -0.39 is 5.51 Å². The van der Waals surface area contributed by atoms with Gasteiger partial charge in [-0.3, -0.25) is 4.79 Å². The summed E-state index contributed by atoms with van der Waals surface area (Å²) in [6.07, 6.45) is 2.80. The molecule has 1 aliphatic rings. The number of piperidine rings is 1. The smallest absolute Gasteiger partial charge is 0.354 e. The van der Waals surface area contributed by atoms with Crippen molar-refractivity contribution in [3.8, 4) is 0 Å². The molecule has 0 aromatic carbocycles. The molecule has 17 heavy (non-hydrogen) atoms. The number of nitrogens with one attached hydrogen (secondary N) is 2. The molecule has 0 radical (unpaired) electrons. The summed E-state index contributed by atoms with van der Waals surface area (Å²) in [5.74, 6) is -0.329. The molecule has 1 fully saturated rings. The van der Waals surface area contributed by atoms with Crippen LogP contribution in [0.1, 0.15) is 19.3 Å². The summed E-state index contributed by atoms with van der Waals surface area (Å²) < 4.78 is 35.3. The van der Waals surface area contributed by atoms with Gasteiger partial charge in [-0.2, -0.15) is 13.2 Å². The van der Waals surface area contributed by atoms with Crippen LogP contribution in [0.3, 0.4) is 0 Å². The molecule has 0 aliphatic carbocycles. The number of hydrogen-bond donors (Lipinski definition) is 2. The van der Waals surface area contributed by atoms with Gasteiger partial charge in [-0.25, -0.2) is 0 Å². The van der Waals surface area contributed by atoms with E-state index in [2.05, 4.69) is 10.6 Å². The molecule has 1 rings (SSSR count). The maximum atomic E-state index is 11.8. The summed E-state index contributed by atoms with van der Waals surface area (Å²) in [5.41, 5.74) is -4.21. The summed E-state index contributed by atoms with van der Waals surface area (Å²) in [6, 6.07) is -0.232. The van der Waals surface area contributed by atoms with Crippen LogP contribution >= 0.6 is 24.2 Å². The fourth-order valence-electron chi connectivity index (χ4n) is 1.54. The molecule has 102 valence electrons. The standard InChI is InChI=1S/C9H15F3N2OS.ClH/c10-9(11,12)16-6-5-14-8(15)7-3-1-2-4-13-7;/h7,13H,1-6H2,(H,14,15);1H. The Hall–Kier alpha value is -0.140. The zero-order valence-corrected chi connectivity index (χ0v) is 10.8. The van der Waals surface area contributed by atoms with Crippen LogP contribution in [-0.2, 0) is 4.79 Å². The van der Waals surface area contributed by atoms with Gasteiger partial charge < -0.3 is 10.6 Å². The van der Waals surface area contributed by atoms with Crippen molar-refractivity contribution in [1.29, 1.82) is 0 Å². The summed E-state index contributed by atoms with van der Waals surface area (Å²) in [6.45, 7) is 0.858. The zero-order valence-electron chi connectivity index (χ0n) is 9.18. The highest BCUT2D eigenvalue weighted by Gasteiger charge is 2.27. The minimum atomic E-state index is -4.21. The Labute approximate surface area is 109 Å². The predicted molar refractivity (Wildman–Crippen MR) is 64.4 cm³/mol. The van der Waals surface area contributed by atoms with E-state index in [-0.39, 0.29) is 48.4 Å². The normalized spacial score (nSPS) is 20.5. The van der Waals surface area contributed by atoms with E-state index in [1.165, 1.54) is 0 Å². The Morgan fingerprint density at radius 2 is 2.12 bits per heavy atom. The molecule has 1 aliphatic heterocycles. The van der Waals surface area contributed by atoms with Gasteiger partial charge in [0.25, 0.3) is 0 Å². The Morgan fingerprint density at radius 1 is 1.41 bits per heavy atom. The number of carbonyl (C=O) groups excluding carboxylic acids is 1. The average molecular weight is 293 g/mol. The Morgan fingerprint density at radius 3 is 2.65 bits per heavy atom. The van der Waals surface area contributed by atoms with Gasteiger partial charge in [-0.05, 0) is 31.1 Å². The third kappa shape index (κ3) is 7.72. The van der Waals surface area contributed by atoms with Gasteiger partial charge in [0.15, 0.2) is 0 Å². The average Bonchev–Trinajstić information content (AvgIpc) is 2.24. The van der Waals surface area contributed by atoms with Crippen LogP contribution in [0.25, 0.3) is 0 Å². The van der Waals surface area contributed by atoms with Crippen molar-refractivity contribution in [3.63, 3.8) is 0 Å². The lowest BCUT2D eigenvalue weighted by molar-refractivity contribution is -0.123. The number of thioether (sulfide) groups is 1. The zero-order chi connectivity index (χ0) is 12.0. The van der Waals surface area contributed by atoms with Crippen LogP contribution in [0.2, 0.25) is 0 Å². The fraction of sp³-hybridized carbons (Fsp3) is 0.889. The van der Waals surface area contributed by atoms with Crippen LogP contribution in [0, 0.1) is 0 Å². The number of alkyl halides is 3. The second-order valence-electron chi connectivity index (χ2n) is 3.59. The maximum Gasteiger partial charge on any atom is 0.441 e. The SMILES string of the molecule is Cl.O=C(NCCSC(F)(F)F)C1CCCCN1. The van der Waals surface area contributed by atoms with Crippen molar-refractivity contribution in [2.75, 3.05) is 18.8 Å². The molecule has 1 saturated heterocycles. The molecule has 0 aromatic heterocycles. The van der Waals surface area contributed by atoms with E-state index in [1.807, 2.05) is 0 Å². The number of hydrogen-bond acceptors (Lipinski definition) is 3. The molecular weight excluding hydrogens is 277 g/mol. The third-order valence-electron chi connectivity index (χ3n) is 2.29. The number of rotatable bonds is 4. The van der Waals surface area contributed by atoms with Crippen molar-refractivity contribution in [3.05, 3.63) is 0 Å². The number of amides is 1. The molecule has 1 atom stereocenters. The minimum Gasteiger partial charge on any atom is -0.354 e. The molecule has 1 amide bonds. The van der Waals surface area contributed by atoms with Crippen LogP contribution in [0.15, 0.2) is 0 Å². The van der Waals surface area contributed by atoms with E-state index in [9.17, 15) is 18.0 Å². The van der Waals surface area contributed by atoms with E-state index in [1.54, 1.807) is 0 Å². The van der Waals surface area contributed by atoms with Crippen molar-refractivity contribution < 1.29 is 18.0 Å². The van der Waals surface area contributed by atoms with Gasteiger partial charge in [-0.15, -0.1) is 12.4 Å². The van der Waals surface area contributed by atoms with Crippen LogP contribution in [0.5, 0.6) is 0 Å². The Bertz CT molecular complexity index is 235. The van der Waals surface area contributed by atoms with E-state index in [4.69, 9.17) is 0 Å². The first-order valence-corrected chi connectivity index (χ1v) is 6.19. The van der Waals surface area contributed by atoms with Gasteiger partial charge in [-0.1, -0.05) is 6.42 Å². The van der Waals surface area contributed by atoms with Crippen molar-refractivity contribution in [2.24, 2.45) is 0 Å². The maximum absolute atomic E-state index is 11.8. The molecular formula is C9H16ClF3N2OS. The van der Waals surface area contributed by atoms with E-state index in [0.717, 1.165) is 25.8 Å². The molecule has 0 spiro atoms. The Kier molecular flexibility index (Phi) is 7.98. The second-order valence-corrected chi connectivity index (χ2v) is 4.75. The topological polar surface area (TPSA) is 41.1 Å². The third-order valence-corrected chi connectivity index (χ3v) is 3.03. The van der Waals surface area contributed by atoms with E-state index in [0.29, 0.717) is 0 Å². The van der Waals surface area contributed by atoms with Gasteiger partial charge >= 0.3 is 5.51 Å². The monoisotopic (exact) mass is 292 g/mol. The molecule has 8 heteroatoms. The largest absolute Gasteiger partial charge is 0.441 e. The molecule has 2 N–H and O–H groups in total. The molecule has 0 aromatic rings. The quantitative estimate of drug-likeness (QED) is 0.778. The summed E-state index contributed by atoms with van der Waals surface area (Å²) in [4.78, 5) is 11.5. The highest BCUT2D eigenvalue weighted by molar-refractivity contribution is 8.00. The first-order chi connectivity index (χ1) is 7.49. The molecule has 3 nitrogen and oxygen atoms in total. The lowest BCUT2D eigenvalue weighted by Crippen LogP contribution is -2.47. The van der Waals surface area contributed by atoms with Crippen LogP contribution in [-0.4, -0.2) is 36.3 Å². The molecule has 1 heterocycles. The summed E-state index contributed by atoms with van der Waals surface area (Å²) in [5, 5.41) is 5.54. The first-order valence-electron chi connectivity index (χ1n) is 5.21. The van der Waals surface area contributed by atoms with Gasteiger partial charge in [0, 0.05) is 12.3 Å². The van der Waals surface area contributed by atoms with E-state index >= 15 is 0 Å². The lowest BCUT2D eigenvalue weighted by atomic mass is 10.0. The summed E-state index contributed by atoms with van der Waals surface area (Å²) >= 11 is -0.113. The Balaban J connectivity index is 0.00000256. The number of halogens is 4. The van der Waals surface area contributed by atoms with Gasteiger partial charge in [0.2, 0.25) is 5.91 Å². The number of carbonyl (C=O) groups is 1. The minimum absolute atomic E-state index is 0. The molecule has 0 saturated carbocycles. The summed E-state index contributed by atoms with van der Waals surface area (Å²) in [7, 11) is 0. The van der Waals surface area contributed by atoms with Crippen molar-refractivity contribution >= 4 is 30.1 Å². The van der Waals surface area contributed by atoms with Crippen LogP contribution < -0.4 is 10.6 Å². The van der Waals surface area contributed by atoms with Crippen LogP contribution in [0.4, 0.5) is 13.2 Å². The lowest BCUT2D eigenvalue weighted by Gasteiger charge is -2.22. The highest BCUT2D eigenvalue weighted by atomic mass is 35.5. The van der Waals surface area contributed by atoms with Crippen molar-refractivity contribution in [2.45, 2.75) is 30.8 Å². The van der Waals surface area contributed by atoms with Gasteiger partial charge in [0.1, 0.15) is 0 Å². The van der Waals surface area contributed by atoms with Gasteiger partial charge in [0.05, 0.1) is 6.04 Å². The first kappa shape index (κ1) is 16.9. The molecule has 0 bridgehead atoms. The fourth-order valence-corrected chi connectivity index (χ4v) is 1.98. The van der Waals surface area contributed by atoms with Crippen molar-refractivity contribution in [1.82, 2.24) is 10.6 Å². The highest BCUT2D eigenvalue weighted by Crippen LogP contribution is 2.29. The predicted octanol–water partition coefficient (Wildman–Crippen LogP) is 1.92.